The lowest BCUT2D eigenvalue weighted by molar-refractivity contribution is -0.207. The van der Waals surface area contributed by atoms with Gasteiger partial charge in [-0.2, -0.15) is 0 Å². The molecule has 0 aromatic heterocycles. The van der Waals surface area contributed by atoms with E-state index in [0.29, 0.717) is 5.54 Å². The maximum absolute atomic E-state index is 5.47. The van der Waals surface area contributed by atoms with Gasteiger partial charge in [0.15, 0.2) is 0 Å². The van der Waals surface area contributed by atoms with Gasteiger partial charge in [0.2, 0.25) is 0 Å². The maximum Gasteiger partial charge on any atom is 0.0337 e. The third-order valence-corrected chi connectivity index (χ3v) is 4.35. The maximum atomic E-state index is 5.47. The summed E-state index contributed by atoms with van der Waals surface area (Å²) >= 11 is 0. The lowest BCUT2D eigenvalue weighted by Gasteiger charge is -2.74. The van der Waals surface area contributed by atoms with Crippen LogP contribution in [0.1, 0.15) is 38.5 Å². The van der Waals surface area contributed by atoms with Crippen molar-refractivity contribution in [2.24, 2.45) is 17.2 Å². The Balaban J connectivity index is 1.68. The van der Waals surface area contributed by atoms with Gasteiger partial charge in [0.1, 0.15) is 0 Å². The molecule has 2 bridgehead atoms. The molecule has 4 saturated carbocycles. The Morgan fingerprint density at radius 3 is 2.18 bits per heavy atom. The Kier molecular flexibility index (Phi) is 0.961. The van der Waals surface area contributed by atoms with Gasteiger partial charge in [-0.1, -0.05) is 6.42 Å². The molecule has 62 valence electrons. The number of nitrogens with two attached hydrogens (primary N) is 1. The van der Waals surface area contributed by atoms with E-state index in [0.717, 1.165) is 11.3 Å². The number of nitrogens with one attached hydrogen (secondary N) is 1. The molecular weight excluding hydrogens is 136 g/mol. The quantitative estimate of drug-likeness (QED) is 0.460. The Morgan fingerprint density at radius 1 is 1.18 bits per heavy atom. The monoisotopic (exact) mass is 152 g/mol. The van der Waals surface area contributed by atoms with Crippen LogP contribution in [0.4, 0.5) is 0 Å². The van der Waals surface area contributed by atoms with E-state index < -0.39 is 0 Å². The van der Waals surface area contributed by atoms with Crippen LogP contribution in [0.15, 0.2) is 0 Å². The van der Waals surface area contributed by atoms with E-state index in [1.807, 2.05) is 0 Å². The summed E-state index contributed by atoms with van der Waals surface area (Å²) in [4.78, 5) is 0. The van der Waals surface area contributed by atoms with Gasteiger partial charge in [-0.25, -0.2) is 0 Å². The summed E-state index contributed by atoms with van der Waals surface area (Å²) < 4.78 is 0. The van der Waals surface area contributed by atoms with Gasteiger partial charge < -0.3 is 0 Å². The highest BCUT2D eigenvalue weighted by Crippen LogP contribution is 2.73. The van der Waals surface area contributed by atoms with Gasteiger partial charge in [-0.05, 0) is 43.4 Å². The van der Waals surface area contributed by atoms with Crippen molar-refractivity contribution in [2.45, 2.75) is 44.1 Å². The first-order chi connectivity index (χ1) is 5.29. The van der Waals surface area contributed by atoms with Gasteiger partial charge >= 0.3 is 0 Å². The fraction of sp³-hybridized carbons (Fsp3) is 1.00. The van der Waals surface area contributed by atoms with Gasteiger partial charge in [-0.3, -0.25) is 11.3 Å². The molecule has 0 spiro atoms. The lowest BCUT2D eigenvalue weighted by Crippen LogP contribution is -2.77. The van der Waals surface area contributed by atoms with Crippen LogP contribution >= 0.6 is 0 Å². The largest absolute Gasteiger partial charge is 0.271 e. The molecule has 11 heavy (non-hydrogen) atoms. The van der Waals surface area contributed by atoms with Crippen LogP contribution in [-0.2, 0) is 0 Å². The summed E-state index contributed by atoms with van der Waals surface area (Å²) in [7, 11) is 0. The summed E-state index contributed by atoms with van der Waals surface area (Å²) in [5, 5.41) is 0. The third-order valence-electron chi connectivity index (χ3n) is 4.35. The predicted molar refractivity (Wildman–Crippen MR) is 43.7 cm³/mol. The van der Waals surface area contributed by atoms with Crippen molar-refractivity contribution in [3.63, 3.8) is 0 Å². The molecule has 0 radical (unpaired) electrons. The first kappa shape index (κ1) is 6.44. The highest BCUT2D eigenvalue weighted by Gasteiger charge is 2.70. The Morgan fingerprint density at radius 2 is 1.82 bits per heavy atom. The second kappa shape index (κ2) is 1.64. The normalized spacial score (nSPS) is 54.3. The SMILES string of the molecule is NNC12CC(C3CCC3)(C1)C2. The fourth-order valence-corrected chi connectivity index (χ4v) is 3.47. The van der Waals surface area contributed by atoms with E-state index in [2.05, 4.69) is 5.43 Å². The molecule has 0 heterocycles. The van der Waals surface area contributed by atoms with Gasteiger partial charge in [0, 0.05) is 5.54 Å². The second-order valence-electron chi connectivity index (χ2n) is 4.95. The first-order valence-corrected chi connectivity index (χ1v) is 4.77. The van der Waals surface area contributed by atoms with E-state index in [-0.39, 0.29) is 0 Å². The minimum Gasteiger partial charge on any atom is -0.271 e. The first-order valence-electron chi connectivity index (χ1n) is 4.77. The number of rotatable bonds is 2. The van der Waals surface area contributed by atoms with Crippen molar-refractivity contribution in [1.82, 2.24) is 5.43 Å². The highest BCUT2D eigenvalue weighted by atomic mass is 15.3. The van der Waals surface area contributed by atoms with Gasteiger partial charge in [0.25, 0.3) is 0 Å². The predicted octanol–water partition coefficient (Wildman–Crippen LogP) is 1.17. The number of hydrazine groups is 1. The molecule has 0 aliphatic heterocycles. The van der Waals surface area contributed by atoms with Crippen molar-refractivity contribution in [2.75, 3.05) is 0 Å². The highest BCUT2D eigenvalue weighted by molar-refractivity contribution is 5.24. The van der Waals surface area contributed by atoms with Crippen LogP contribution in [0.5, 0.6) is 0 Å². The van der Waals surface area contributed by atoms with Crippen LogP contribution in [0.2, 0.25) is 0 Å². The molecule has 0 amide bonds. The molecule has 2 nitrogen and oxygen atoms in total. The molecule has 4 aliphatic carbocycles. The van der Waals surface area contributed by atoms with Crippen LogP contribution in [0, 0.1) is 11.3 Å². The van der Waals surface area contributed by atoms with Crippen LogP contribution in [0.25, 0.3) is 0 Å². The zero-order valence-electron chi connectivity index (χ0n) is 6.90. The Labute approximate surface area is 67.5 Å². The average molecular weight is 152 g/mol. The van der Waals surface area contributed by atoms with Crippen molar-refractivity contribution >= 4 is 0 Å². The topological polar surface area (TPSA) is 38.0 Å². The minimum absolute atomic E-state index is 0.412. The standard InChI is InChI=1S/C9H16N2/c10-11-9-4-8(5-9,6-9)7-2-1-3-7/h7,11H,1-6,10H2. The van der Waals surface area contributed by atoms with E-state index >= 15 is 0 Å². The van der Waals surface area contributed by atoms with E-state index in [9.17, 15) is 0 Å². The van der Waals surface area contributed by atoms with Crippen LogP contribution in [0.3, 0.4) is 0 Å². The van der Waals surface area contributed by atoms with E-state index in [4.69, 9.17) is 5.84 Å². The third kappa shape index (κ3) is 0.574. The molecule has 0 saturated heterocycles. The molecule has 0 aromatic carbocycles. The lowest BCUT2D eigenvalue weighted by atomic mass is 9.34. The second-order valence-corrected chi connectivity index (χ2v) is 4.95. The Hall–Kier alpha value is -0.0800. The zero-order chi connectivity index (χ0) is 7.53. The van der Waals surface area contributed by atoms with E-state index in [1.54, 1.807) is 0 Å². The molecule has 4 fully saturated rings. The van der Waals surface area contributed by atoms with Crippen molar-refractivity contribution in [3.05, 3.63) is 0 Å². The average Bonchev–Trinajstić information content (AvgIpc) is 1.68. The molecule has 3 N–H and O–H groups in total. The zero-order valence-corrected chi connectivity index (χ0v) is 6.90. The fourth-order valence-electron chi connectivity index (χ4n) is 3.47. The smallest absolute Gasteiger partial charge is 0.0337 e. The molecule has 0 atom stereocenters. The van der Waals surface area contributed by atoms with Crippen LogP contribution in [-0.4, -0.2) is 5.54 Å². The van der Waals surface area contributed by atoms with Crippen molar-refractivity contribution < 1.29 is 0 Å². The number of hydrogen-bond acceptors (Lipinski definition) is 2. The summed E-state index contributed by atoms with van der Waals surface area (Å²) in [6.45, 7) is 0. The van der Waals surface area contributed by atoms with E-state index in [1.165, 1.54) is 38.5 Å². The minimum atomic E-state index is 0.412. The van der Waals surface area contributed by atoms with Gasteiger partial charge in [-0.15, -0.1) is 0 Å². The molecule has 0 aromatic rings. The number of hydrogen-bond donors (Lipinski definition) is 2. The van der Waals surface area contributed by atoms with Crippen molar-refractivity contribution in [3.8, 4) is 0 Å². The molecule has 4 aliphatic rings. The summed E-state index contributed by atoms with van der Waals surface area (Å²) in [6.07, 6.45) is 8.61. The molecule has 2 heteroatoms. The van der Waals surface area contributed by atoms with Crippen LogP contribution < -0.4 is 11.3 Å². The van der Waals surface area contributed by atoms with Gasteiger partial charge in [0.05, 0.1) is 0 Å². The molecular formula is C9H16N2. The summed E-state index contributed by atoms with van der Waals surface area (Å²) in [5.74, 6) is 6.56. The Bertz CT molecular complexity index is 176. The van der Waals surface area contributed by atoms with Crippen molar-refractivity contribution in [1.29, 1.82) is 0 Å². The molecule has 4 rings (SSSR count). The summed E-state index contributed by atoms with van der Waals surface area (Å²) in [5.41, 5.74) is 4.17. The molecule has 0 unspecified atom stereocenters. The summed E-state index contributed by atoms with van der Waals surface area (Å²) in [6, 6.07) is 0.